The average molecular weight is 987 g/mol. The number of hydrogen-bond donors (Lipinski definition) is 0. The molecular formula is C69H54N4O3. The predicted octanol–water partition coefficient (Wildman–Crippen LogP) is 18.9. The van der Waals surface area contributed by atoms with E-state index in [4.69, 9.17) is 9.47 Å². The molecule has 0 amide bonds. The fourth-order valence-electron chi connectivity index (χ4n) is 9.43. The average Bonchev–Trinajstić information content (AvgIpc) is 3.48. The molecule has 0 saturated heterocycles. The fraction of sp³-hybridized carbons (Fsp3) is 0.0290. The summed E-state index contributed by atoms with van der Waals surface area (Å²) in [4.78, 5) is 22.3. The number of anilines is 12. The van der Waals surface area contributed by atoms with E-state index in [9.17, 15) is 4.79 Å². The lowest BCUT2D eigenvalue weighted by Gasteiger charge is -2.30. The Hall–Kier alpha value is -10.1. The van der Waals surface area contributed by atoms with Gasteiger partial charge in [0.25, 0.3) is 0 Å². The fourth-order valence-corrected chi connectivity index (χ4v) is 9.43. The summed E-state index contributed by atoms with van der Waals surface area (Å²) in [6.45, 7) is 2.01. The Morgan fingerprint density at radius 3 is 0.737 bits per heavy atom. The third-order valence-corrected chi connectivity index (χ3v) is 13.2. The monoisotopic (exact) mass is 986 g/mol. The van der Waals surface area contributed by atoms with Gasteiger partial charge in [0.15, 0.2) is 5.78 Å². The summed E-state index contributed by atoms with van der Waals surface area (Å²) in [5, 5.41) is 0. The maximum Gasteiger partial charge on any atom is 0.193 e. The number of benzene rings is 11. The smallest absolute Gasteiger partial charge is 0.193 e. The van der Waals surface area contributed by atoms with Gasteiger partial charge in [-0.25, -0.2) is 0 Å². The first-order valence-electron chi connectivity index (χ1n) is 25.3. The second-order valence-corrected chi connectivity index (χ2v) is 18.2. The molecule has 11 aromatic rings. The molecule has 0 aliphatic heterocycles. The zero-order valence-corrected chi connectivity index (χ0v) is 42.2. The van der Waals surface area contributed by atoms with Crippen LogP contribution in [0.5, 0.6) is 17.2 Å². The van der Waals surface area contributed by atoms with Crippen LogP contribution in [0.25, 0.3) is 0 Å². The maximum absolute atomic E-state index is 13.2. The van der Waals surface area contributed by atoms with Gasteiger partial charge in [0.05, 0.1) is 7.11 Å². The van der Waals surface area contributed by atoms with Crippen molar-refractivity contribution < 1.29 is 14.3 Å². The van der Waals surface area contributed by atoms with Crippen LogP contribution in [-0.2, 0) is 0 Å². The van der Waals surface area contributed by atoms with Gasteiger partial charge in [-0.15, -0.1) is 0 Å². The zero-order chi connectivity index (χ0) is 51.6. The zero-order valence-electron chi connectivity index (χ0n) is 42.2. The number of rotatable bonds is 17. The number of carbonyl (C=O) groups is 1. The molecule has 0 N–H and O–H groups in total. The van der Waals surface area contributed by atoms with E-state index >= 15 is 0 Å². The molecule has 0 heterocycles. The highest BCUT2D eigenvalue weighted by atomic mass is 16.5. The summed E-state index contributed by atoms with van der Waals surface area (Å²) in [5.41, 5.74) is 14.6. The van der Waals surface area contributed by atoms with E-state index in [1.807, 2.05) is 104 Å². The highest BCUT2D eigenvalue weighted by molar-refractivity contribution is 6.09. The summed E-state index contributed by atoms with van der Waals surface area (Å²) in [5.74, 6) is 2.07. The number of ether oxygens (including phenoxy) is 2. The Kier molecular flexibility index (Phi) is 14.2. The van der Waals surface area contributed by atoms with Crippen molar-refractivity contribution in [2.75, 3.05) is 26.7 Å². The molecule has 0 aliphatic rings. The van der Waals surface area contributed by atoms with Crippen molar-refractivity contribution in [1.82, 2.24) is 0 Å². The highest BCUT2D eigenvalue weighted by Crippen LogP contribution is 2.43. The largest absolute Gasteiger partial charge is 0.497 e. The van der Waals surface area contributed by atoms with Crippen molar-refractivity contribution in [1.29, 1.82) is 0 Å². The molecule has 0 bridgehead atoms. The Balaban J connectivity index is 0.934. The van der Waals surface area contributed by atoms with Gasteiger partial charge in [-0.1, -0.05) is 103 Å². The lowest BCUT2D eigenvalue weighted by Crippen LogP contribution is -2.13. The molecule has 76 heavy (non-hydrogen) atoms. The Bertz CT molecular complexity index is 3540. The Labute approximate surface area is 445 Å². The van der Waals surface area contributed by atoms with Crippen molar-refractivity contribution >= 4 is 74.0 Å². The molecule has 0 unspecified atom stereocenters. The number of para-hydroxylation sites is 4. The number of hydrogen-bond acceptors (Lipinski definition) is 7. The van der Waals surface area contributed by atoms with Crippen molar-refractivity contribution in [2.24, 2.45) is 0 Å². The van der Waals surface area contributed by atoms with Gasteiger partial charge in [0, 0.05) is 79.4 Å². The van der Waals surface area contributed by atoms with Crippen LogP contribution in [0.2, 0.25) is 0 Å². The van der Waals surface area contributed by atoms with Gasteiger partial charge in [0.2, 0.25) is 0 Å². The molecule has 0 atom stereocenters. The van der Waals surface area contributed by atoms with Gasteiger partial charge in [-0.05, 0) is 201 Å². The van der Waals surface area contributed by atoms with Crippen LogP contribution in [0.3, 0.4) is 0 Å². The van der Waals surface area contributed by atoms with Gasteiger partial charge in [-0.3, -0.25) is 4.79 Å². The summed E-state index contributed by atoms with van der Waals surface area (Å²) in [6.07, 6.45) is 0. The number of methoxy groups -OCH3 is 1. The van der Waals surface area contributed by atoms with Crippen LogP contribution in [0.15, 0.2) is 291 Å². The summed E-state index contributed by atoms with van der Waals surface area (Å²) < 4.78 is 12.0. The van der Waals surface area contributed by atoms with E-state index < -0.39 is 0 Å². The van der Waals surface area contributed by atoms with Crippen molar-refractivity contribution in [3.8, 4) is 17.2 Å². The van der Waals surface area contributed by atoms with Crippen LogP contribution in [0.4, 0.5) is 68.2 Å². The molecular weight excluding hydrogens is 933 g/mol. The van der Waals surface area contributed by atoms with E-state index in [1.54, 1.807) is 7.11 Å². The second-order valence-electron chi connectivity index (χ2n) is 18.2. The quantitative estimate of drug-likeness (QED) is 0.0843. The first kappa shape index (κ1) is 48.2. The van der Waals surface area contributed by atoms with E-state index in [-0.39, 0.29) is 5.78 Å². The lowest BCUT2D eigenvalue weighted by molar-refractivity contribution is 0.103. The molecule has 0 radical (unpaired) electrons. The molecule has 0 aromatic heterocycles. The molecule has 0 aliphatic carbocycles. The van der Waals surface area contributed by atoms with Gasteiger partial charge in [-0.2, -0.15) is 0 Å². The molecule has 0 fully saturated rings. The molecule has 0 saturated carbocycles. The summed E-state index contributed by atoms with van der Waals surface area (Å²) in [6, 6.07) is 99.1. The van der Waals surface area contributed by atoms with Crippen molar-refractivity contribution in [3.63, 3.8) is 0 Å². The highest BCUT2D eigenvalue weighted by Gasteiger charge is 2.20. The van der Waals surface area contributed by atoms with Gasteiger partial charge >= 0.3 is 0 Å². The minimum absolute atomic E-state index is 0.0258. The maximum atomic E-state index is 13.2. The van der Waals surface area contributed by atoms with Crippen molar-refractivity contribution in [3.05, 3.63) is 308 Å². The molecule has 0 spiro atoms. The lowest BCUT2D eigenvalue weighted by atomic mass is 10.0. The van der Waals surface area contributed by atoms with E-state index in [0.29, 0.717) is 22.6 Å². The van der Waals surface area contributed by atoms with Crippen LogP contribution in [0, 0.1) is 6.92 Å². The van der Waals surface area contributed by atoms with Crippen LogP contribution >= 0.6 is 0 Å². The van der Waals surface area contributed by atoms with E-state index in [0.717, 1.165) is 79.6 Å². The van der Waals surface area contributed by atoms with Crippen molar-refractivity contribution in [2.45, 2.75) is 6.92 Å². The van der Waals surface area contributed by atoms with Crippen LogP contribution < -0.4 is 29.1 Å². The number of ketones is 1. The first-order chi connectivity index (χ1) is 37.5. The Morgan fingerprint density at radius 1 is 0.263 bits per heavy atom. The second kappa shape index (κ2) is 22.3. The minimum Gasteiger partial charge on any atom is -0.497 e. The van der Waals surface area contributed by atoms with Gasteiger partial charge < -0.3 is 29.1 Å². The predicted molar refractivity (Wildman–Crippen MR) is 313 cm³/mol. The number of aryl methyl sites for hydroxylation is 1. The molecule has 368 valence electrons. The molecule has 11 aromatic carbocycles. The van der Waals surface area contributed by atoms with E-state index in [2.05, 4.69) is 214 Å². The normalized spacial score (nSPS) is 10.8. The number of nitrogens with zero attached hydrogens (tertiary/aromatic N) is 4. The SMILES string of the molecule is COc1ccc(N(c2ccc(N(c3ccccc3)c3ccccc3)cc2)c2ccc(N(c3ccc(Oc4ccc(C(=O)c5ccc(C)cc5)cc4)cc3)c3ccc(N(c4ccccc4)c4ccccc4)cc3)cc2)cc1. The third-order valence-electron chi connectivity index (χ3n) is 13.2. The van der Waals surface area contributed by atoms with Gasteiger partial charge in [0.1, 0.15) is 17.2 Å². The molecule has 11 rings (SSSR count). The number of carbonyl (C=O) groups excluding carboxylic acids is 1. The molecule has 7 heteroatoms. The van der Waals surface area contributed by atoms with Crippen LogP contribution in [-0.4, -0.2) is 12.9 Å². The topological polar surface area (TPSA) is 48.5 Å². The molecule has 7 nitrogen and oxygen atoms in total. The minimum atomic E-state index is -0.0258. The standard InChI is InChI=1S/C69H54N4O3/c1-51-23-25-52(26-24-51)69(74)53-27-45-67(46-28-53)76-68-49-43-65(44-50-68)73(62-35-31-59(32-36-62)71(56-19-11-5-12-20-56)57-21-13-6-14-22-57)63-39-37-61(38-40-63)72(64-41-47-66(75-2)48-42-64)60-33-29-58(30-34-60)70(54-15-7-3-8-16-54)55-17-9-4-10-18-55/h3-50H,1-2H3. The van der Waals surface area contributed by atoms with E-state index in [1.165, 1.54) is 0 Å². The third kappa shape index (κ3) is 10.7. The first-order valence-corrected chi connectivity index (χ1v) is 25.3. The Morgan fingerprint density at radius 2 is 0.474 bits per heavy atom. The summed E-state index contributed by atoms with van der Waals surface area (Å²) >= 11 is 0. The van der Waals surface area contributed by atoms with Crippen LogP contribution in [0.1, 0.15) is 21.5 Å². The summed E-state index contributed by atoms with van der Waals surface area (Å²) in [7, 11) is 1.69.